The van der Waals surface area contributed by atoms with Crippen molar-refractivity contribution in [3.05, 3.63) is 91.1 Å². The van der Waals surface area contributed by atoms with Gasteiger partial charge in [0.1, 0.15) is 10.6 Å². The van der Waals surface area contributed by atoms with E-state index in [9.17, 15) is 9.59 Å². The van der Waals surface area contributed by atoms with Crippen molar-refractivity contribution in [2.75, 3.05) is 24.6 Å². The number of esters is 1. The molecule has 2 fully saturated rings. The number of thiazole rings is 1. The summed E-state index contributed by atoms with van der Waals surface area (Å²) in [5, 5.41) is 5.18. The van der Waals surface area contributed by atoms with Gasteiger partial charge in [-0.1, -0.05) is 82.5 Å². The monoisotopic (exact) mass is 628 g/mol. The fraction of sp³-hybridized carbons (Fsp3) is 0.300. The summed E-state index contributed by atoms with van der Waals surface area (Å²) < 4.78 is 5.37. The molecule has 3 atom stereocenters. The van der Waals surface area contributed by atoms with Crippen LogP contribution in [0, 0.1) is 18.8 Å². The smallest absolute Gasteiger partial charge is 0.350 e. The van der Waals surface area contributed by atoms with Crippen molar-refractivity contribution in [3.8, 4) is 11.1 Å². The molecule has 2 aromatic carbocycles. The molecule has 1 aliphatic carbocycles. The first-order valence-corrected chi connectivity index (χ1v) is 15.3. The Morgan fingerprint density at radius 3 is 2.44 bits per heavy atom. The molecule has 7 nitrogen and oxygen atoms in total. The van der Waals surface area contributed by atoms with Crippen molar-refractivity contribution < 1.29 is 14.3 Å². The molecule has 2 aromatic heterocycles. The molecule has 0 unspecified atom stereocenters. The van der Waals surface area contributed by atoms with E-state index in [0.717, 1.165) is 34.9 Å². The van der Waals surface area contributed by atoms with Crippen molar-refractivity contribution >= 4 is 63.1 Å². The van der Waals surface area contributed by atoms with E-state index in [2.05, 4.69) is 21.3 Å². The summed E-state index contributed by atoms with van der Waals surface area (Å²) in [5.74, 6) is -0.00494. The second kappa shape index (κ2) is 11.3. The first-order chi connectivity index (χ1) is 19.7. The number of halogens is 3. The molecular weight excluding hydrogens is 603 g/mol. The lowest BCUT2D eigenvalue weighted by molar-refractivity contribution is 0.0530. The van der Waals surface area contributed by atoms with Crippen LogP contribution in [0.4, 0.5) is 5.13 Å². The number of anilines is 1. The fourth-order valence-electron chi connectivity index (χ4n) is 5.52. The zero-order chi connectivity index (χ0) is 28.8. The van der Waals surface area contributed by atoms with E-state index in [1.807, 2.05) is 42.5 Å². The molecular formula is C30H27Cl3N4O3S. The highest BCUT2D eigenvalue weighted by Crippen LogP contribution is 2.48. The van der Waals surface area contributed by atoms with E-state index >= 15 is 0 Å². The molecule has 1 aliphatic heterocycles. The highest BCUT2D eigenvalue weighted by atomic mass is 35.5. The summed E-state index contributed by atoms with van der Waals surface area (Å²) in [6, 6.07) is 16.0. The summed E-state index contributed by atoms with van der Waals surface area (Å²) in [7, 11) is 0. The number of carbonyl (C=O) groups excluding carboxylic acids is 2. The van der Waals surface area contributed by atoms with Gasteiger partial charge < -0.3 is 19.9 Å². The average molecular weight is 630 g/mol. The van der Waals surface area contributed by atoms with Crippen molar-refractivity contribution in [2.45, 2.75) is 26.3 Å². The van der Waals surface area contributed by atoms with Crippen molar-refractivity contribution in [1.82, 2.24) is 15.3 Å². The Balaban J connectivity index is 1.17. The van der Waals surface area contributed by atoms with E-state index in [0.29, 0.717) is 56.9 Å². The maximum atomic E-state index is 12.9. The number of aromatic nitrogens is 2. The van der Waals surface area contributed by atoms with Gasteiger partial charge in [-0.05, 0) is 42.7 Å². The molecule has 41 heavy (non-hydrogen) atoms. The number of benzene rings is 2. The van der Waals surface area contributed by atoms with Gasteiger partial charge in [-0.3, -0.25) is 4.79 Å². The minimum atomic E-state index is -0.358. The number of aryl methyl sites for hydroxylation is 1. The Labute approximate surface area is 256 Å². The molecule has 1 saturated heterocycles. The van der Waals surface area contributed by atoms with E-state index in [4.69, 9.17) is 44.5 Å². The molecule has 0 spiro atoms. The summed E-state index contributed by atoms with van der Waals surface area (Å²) in [6.07, 6.45) is 0.497. The normalized spacial score (nSPS) is 19.2. The number of amides is 1. The average Bonchev–Trinajstić information content (AvgIpc) is 3.29. The summed E-state index contributed by atoms with van der Waals surface area (Å²) in [4.78, 5) is 36.3. The Kier molecular flexibility index (Phi) is 7.76. The van der Waals surface area contributed by atoms with Crippen LogP contribution in [0.3, 0.4) is 0 Å². The highest BCUT2D eigenvalue weighted by Gasteiger charge is 2.57. The van der Waals surface area contributed by atoms with Gasteiger partial charge in [0.25, 0.3) is 5.91 Å². The molecule has 2 aliphatic rings. The SMILES string of the molecule is CCOC(=O)c1sc(N2C[C@@H]3[C@H](C2)[C@@H]3NC(=O)c2[nH]c(C)c(Cl)c2Cl)nc1Cc1cccc(-c2cccc(Cl)c2)c1. The molecule has 212 valence electrons. The number of nitrogens with zero attached hydrogens (tertiary/aromatic N) is 2. The zero-order valence-corrected chi connectivity index (χ0v) is 25.4. The Hall–Kier alpha value is -3.04. The molecule has 0 bridgehead atoms. The van der Waals surface area contributed by atoms with Gasteiger partial charge in [-0.2, -0.15) is 0 Å². The van der Waals surface area contributed by atoms with Crippen LogP contribution in [0.25, 0.3) is 11.1 Å². The van der Waals surface area contributed by atoms with Crippen LogP contribution in [0.15, 0.2) is 48.5 Å². The maximum Gasteiger partial charge on any atom is 0.350 e. The number of rotatable bonds is 8. The van der Waals surface area contributed by atoms with E-state index in [1.54, 1.807) is 13.8 Å². The third-order valence-electron chi connectivity index (χ3n) is 7.65. The summed E-state index contributed by atoms with van der Waals surface area (Å²) in [5.41, 5.74) is 4.76. The summed E-state index contributed by atoms with van der Waals surface area (Å²) >= 11 is 19.9. The van der Waals surface area contributed by atoms with Crippen LogP contribution in [0.5, 0.6) is 0 Å². The number of H-pyrrole nitrogens is 1. The largest absolute Gasteiger partial charge is 0.462 e. The van der Waals surface area contributed by atoms with Gasteiger partial charge in [0.2, 0.25) is 0 Å². The molecule has 4 aromatic rings. The van der Waals surface area contributed by atoms with Crippen molar-refractivity contribution in [2.24, 2.45) is 11.8 Å². The minimum absolute atomic E-state index is 0.0652. The number of piperidine rings is 1. The third-order valence-corrected chi connectivity index (χ3v) is 9.97. The van der Waals surface area contributed by atoms with Crippen LogP contribution in [-0.4, -0.2) is 47.6 Å². The Morgan fingerprint density at radius 2 is 1.78 bits per heavy atom. The first kappa shape index (κ1) is 28.1. The minimum Gasteiger partial charge on any atom is -0.462 e. The lowest BCUT2D eigenvalue weighted by atomic mass is 10.0. The van der Waals surface area contributed by atoms with Gasteiger partial charge >= 0.3 is 5.97 Å². The number of carbonyl (C=O) groups is 2. The van der Waals surface area contributed by atoms with E-state index < -0.39 is 0 Å². The number of hydrogen-bond acceptors (Lipinski definition) is 6. The van der Waals surface area contributed by atoms with Gasteiger partial charge in [0.05, 0.1) is 22.3 Å². The third kappa shape index (κ3) is 5.58. The quantitative estimate of drug-likeness (QED) is 0.204. The topological polar surface area (TPSA) is 87.3 Å². The number of hydrogen-bond donors (Lipinski definition) is 2. The fourth-order valence-corrected chi connectivity index (χ4v) is 7.12. The first-order valence-electron chi connectivity index (χ1n) is 13.3. The number of aromatic amines is 1. The second-order valence-corrected chi connectivity index (χ2v) is 12.5. The van der Waals surface area contributed by atoms with Gasteiger partial charge in [0, 0.05) is 48.1 Å². The molecule has 2 N–H and O–H groups in total. The Bertz CT molecular complexity index is 1640. The van der Waals surface area contributed by atoms with Crippen molar-refractivity contribution in [1.29, 1.82) is 0 Å². The van der Waals surface area contributed by atoms with Crippen LogP contribution >= 0.6 is 46.1 Å². The van der Waals surface area contributed by atoms with Crippen molar-refractivity contribution in [3.63, 3.8) is 0 Å². The molecule has 1 saturated carbocycles. The molecule has 3 heterocycles. The van der Waals surface area contributed by atoms with Crippen LogP contribution in [0.2, 0.25) is 15.1 Å². The van der Waals surface area contributed by atoms with Gasteiger partial charge in [-0.25, -0.2) is 9.78 Å². The number of nitrogens with one attached hydrogen (secondary N) is 2. The molecule has 6 rings (SSSR count). The lowest BCUT2D eigenvalue weighted by Crippen LogP contribution is -2.34. The van der Waals surface area contributed by atoms with Crippen LogP contribution in [-0.2, 0) is 11.2 Å². The maximum absolute atomic E-state index is 12.9. The van der Waals surface area contributed by atoms with Gasteiger partial charge in [-0.15, -0.1) is 0 Å². The standard InChI is InChI=1S/C30H27Cl3N4O3S/c1-3-40-29(39)27-22(11-16-6-4-7-17(10-16)18-8-5-9-19(31)12-18)35-30(41-27)37-13-20-21(14-37)25(20)36-28(38)26-24(33)23(32)15(2)34-26/h4-10,12,20-21,25,34H,3,11,13-14H2,1-2H3,(H,36,38)/t20-,21+,25-. The van der Waals surface area contributed by atoms with E-state index in [-0.39, 0.29) is 22.9 Å². The van der Waals surface area contributed by atoms with E-state index in [1.165, 1.54) is 11.3 Å². The van der Waals surface area contributed by atoms with Crippen LogP contribution in [0.1, 0.15) is 44.0 Å². The zero-order valence-electron chi connectivity index (χ0n) is 22.3. The second-order valence-electron chi connectivity index (χ2n) is 10.4. The number of fused-ring (bicyclic) bond motifs is 1. The molecule has 0 radical (unpaired) electrons. The predicted octanol–water partition coefficient (Wildman–Crippen LogP) is 7.04. The molecule has 1 amide bonds. The Morgan fingerprint density at radius 1 is 1.07 bits per heavy atom. The van der Waals surface area contributed by atoms with Gasteiger partial charge in [0.15, 0.2) is 5.13 Å². The molecule has 11 heteroatoms. The number of ether oxygens (including phenoxy) is 1. The predicted molar refractivity (Wildman–Crippen MR) is 164 cm³/mol. The van der Waals surface area contributed by atoms with Crippen LogP contribution < -0.4 is 10.2 Å². The summed E-state index contributed by atoms with van der Waals surface area (Å²) in [6.45, 7) is 5.35. The highest BCUT2D eigenvalue weighted by molar-refractivity contribution is 7.17. The lowest BCUT2D eigenvalue weighted by Gasteiger charge is -2.19.